The summed E-state index contributed by atoms with van der Waals surface area (Å²) < 4.78 is 5.20. The first-order chi connectivity index (χ1) is 16.1. The number of ether oxygens (including phenoxy) is 1. The van der Waals surface area contributed by atoms with Crippen molar-refractivity contribution in [3.63, 3.8) is 0 Å². The maximum atomic E-state index is 13.4. The fourth-order valence-corrected chi connectivity index (χ4v) is 3.79. The molecule has 0 spiro atoms. The standard InChI is InChI=1S/C28H32N2O3/c1-3-10-26(31)30(21-23-11-6-4-7-12-23)27(24-13-8-5-9-14-24)28(32)29-20-19-22-15-17-25(33-2)18-16-22/h4-9,11-18,27H,3,10,19-21H2,1-2H3,(H,29,32). The van der Waals surface area contributed by atoms with Crippen molar-refractivity contribution < 1.29 is 14.3 Å². The first-order valence-electron chi connectivity index (χ1n) is 11.4. The van der Waals surface area contributed by atoms with E-state index in [9.17, 15) is 9.59 Å². The van der Waals surface area contributed by atoms with Crippen LogP contribution in [0, 0.1) is 0 Å². The summed E-state index contributed by atoms with van der Waals surface area (Å²) in [6.45, 7) is 2.84. The van der Waals surface area contributed by atoms with Crippen LogP contribution in [0.1, 0.15) is 42.5 Å². The van der Waals surface area contributed by atoms with E-state index < -0.39 is 6.04 Å². The number of hydrogen-bond acceptors (Lipinski definition) is 3. The van der Waals surface area contributed by atoms with E-state index in [1.807, 2.05) is 91.9 Å². The summed E-state index contributed by atoms with van der Waals surface area (Å²) in [6, 6.07) is 26.5. The Kier molecular flexibility index (Phi) is 9.07. The largest absolute Gasteiger partial charge is 0.497 e. The van der Waals surface area contributed by atoms with Crippen molar-refractivity contribution in [1.82, 2.24) is 10.2 Å². The molecule has 0 heterocycles. The Morgan fingerprint density at radius 1 is 0.879 bits per heavy atom. The van der Waals surface area contributed by atoms with Gasteiger partial charge in [-0.3, -0.25) is 9.59 Å². The van der Waals surface area contributed by atoms with Gasteiger partial charge in [0, 0.05) is 19.5 Å². The van der Waals surface area contributed by atoms with Crippen molar-refractivity contribution in [3.8, 4) is 5.75 Å². The molecule has 0 saturated heterocycles. The Hall–Kier alpha value is -3.60. The second kappa shape index (κ2) is 12.4. The van der Waals surface area contributed by atoms with Crippen LogP contribution in [0.3, 0.4) is 0 Å². The van der Waals surface area contributed by atoms with Gasteiger partial charge in [0.15, 0.2) is 0 Å². The maximum Gasteiger partial charge on any atom is 0.247 e. The van der Waals surface area contributed by atoms with Gasteiger partial charge in [-0.2, -0.15) is 0 Å². The van der Waals surface area contributed by atoms with Gasteiger partial charge >= 0.3 is 0 Å². The number of carbonyl (C=O) groups excluding carboxylic acids is 2. The fourth-order valence-electron chi connectivity index (χ4n) is 3.79. The van der Waals surface area contributed by atoms with Crippen LogP contribution in [0.5, 0.6) is 5.75 Å². The van der Waals surface area contributed by atoms with Gasteiger partial charge in [-0.15, -0.1) is 0 Å². The zero-order chi connectivity index (χ0) is 23.5. The minimum absolute atomic E-state index is 0.0273. The monoisotopic (exact) mass is 444 g/mol. The van der Waals surface area contributed by atoms with Gasteiger partial charge in [0.25, 0.3) is 0 Å². The van der Waals surface area contributed by atoms with Gasteiger partial charge in [0.1, 0.15) is 11.8 Å². The average Bonchev–Trinajstić information content (AvgIpc) is 2.85. The lowest BCUT2D eigenvalue weighted by atomic mass is 10.0. The number of nitrogens with one attached hydrogen (secondary N) is 1. The highest BCUT2D eigenvalue weighted by Gasteiger charge is 2.30. The molecule has 5 heteroatoms. The Morgan fingerprint density at radius 3 is 2.12 bits per heavy atom. The van der Waals surface area contributed by atoms with Crippen LogP contribution in [-0.4, -0.2) is 30.4 Å². The Labute approximate surface area is 196 Å². The summed E-state index contributed by atoms with van der Waals surface area (Å²) in [7, 11) is 1.64. The molecule has 3 aromatic rings. The van der Waals surface area contributed by atoms with Gasteiger partial charge in [-0.05, 0) is 41.7 Å². The third kappa shape index (κ3) is 6.94. The normalized spacial score (nSPS) is 11.5. The van der Waals surface area contributed by atoms with Crippen molar-refractivity contribution in [3.05, 3.63) is 102 Å². The highest BCUT2D eigenvalue weighted by Crippen LogP contribution is 2.25. The molecule has 172 valence electrons. The number of methoxy groups -OCH3 is 1. The Morgan fingerprint density at radius 2 is 1.52 bits per heavy atom. The predicted molar refractivity (Wildman–Crippen MR) is 131 cm³/mol. The molecular weight excluding hydrogens is 412 g/mol. The van der Waals surface area contributed by atoms with Gasteiger partial charge in [0.2, 0.25) is 11.8 Å². The van der Waals surface area contributed by atoms with Crippen molar-refractivity contribution in [2.75, 3.05) is 13.7 Å². The Balaban J connectivity index is 1.80. The van der Waals surface area contributed by atoms with Crippen LogP contribution in [0.15, 0.2) is 84.9 Å². The highest BCUT2D eigenvalue weighted by molar-refractivity contribution is 5.88. The molecule has 2 amide bonds. The van der Waals surface area contributed by atoms with Gasteiger partial charge < -0.3 is 15.0 Å². The molecule has 0 aromatic heterocycles. The smallest absolute Gasteiger partial charge is 0.247 e. The highest BCUT2D eigenvalue weighted by atomic mass is 16.5. The molecular formula is C28H32N2O3. The van der Waals surface area contributed by atoms with Crippen molar-refractivity contribution in [1.29, 1.82) is 0 Å². The lowest BCUT2D eigenvalue weighted by Crippen LogP contribution is -2.43. The number of amides is 2. The lowest BCUT2D eigenvalue weighted by Gasteiger charge is -2.31. The molecule has 1 unspecified atom stereocenters. The fraction of sp³-hybridized carbons (Fsp3) is 0.286. The van der Waals surface area contributed by atoms with E-state index in [0.717, 1.165) is 28.9 Å². The van der Waals surface area contributed by atoms with Crippen LogP contribution in [0.4, 0.5) is 0 Å². The van der Waals surface area contributed by atoms with E-state index in [-0.39, 0.29) is 11.8 Å². The van der Waals surface area contributed by atoms with E-state index in [0.29, 0.717) is 25.9 Å². The molecule has 0 fully saturated rings. The number of carbonyl (C=O) groups is 2. The van der Waals surface area contributed by atoms with Crippen LogP contribution in [0.25, 0.3) is 0 Å². The molecule has 0 aliphatic rings. The molecule has 0 saturated carbocycles. The summed E-state index contributed by atoms with van der Waals surface area (Å²) in [4.78, 5) is 28.3. The second-order valence-electron chi connectivity index (χ2n) is 7.96. The van der Waals surface area contributed by atoms with Crippen LogP contribution < -0.4 is 10.1 Å². The molecule has 1 atom stereocenters. The average molecular weight is 445 g/mol. The minimum Gasteiger partial charge on any atom is -0.497 e. The topological polar surface area (TPSA) is 58.6 Å². The summed E-state index contributed by atoms with van der Waals surface area (Å²) in [5, 5.41) is 3.06. The molecule has 0 aliphatic heterocycles. The van der Waals surface area contributed by atoms with E-state index in [1.54, 1.807) is 12.0 Å². The number of nitrogens with zero attached hydrogens (tertiary/aromatic N) is 1. The van der Waals surface area contributed by atoms with Crippen molar-refractivity contribution >= 4 is 11.8 Å². The predicted octanol–water partition coefficient (Wildman–Crippen LogP) is 4.92. The molecule has 0 bridgehead atoms. The van der Waals surface area contributed by atoms with Crippen LogP contribution >= 0.6 is 0 Å². The number of benzene rings is 3. The molecule has 0 radical (unpaired) electrons. The quantitative estimate of drug-likeness (QED) is 0.456. The van der Waals surface area contributed by atoms with Gasteiger partial charge in [-0.1, -0.05) is 79.7 Å². The first-order valence-corrected chi connectivity index (χ1v) is 11.4. The molecule has 5 nitrogen and oxygen atoms in total. The van der Waals surface area contributed by atoms with Crippen molar-refractivity contribution in [2.24, 2.45) is 0 Å². The first kappa shape index (κ1) is 24.1. The zero-order valence-electron chi connectivity index (χ0n) is 19.4. The molecule has 3 aromatic carbocycles. The van der Waals surface area contributed by atoms with Crippen LogP contribution in [-0.2, 0) is 22.6 Å². The van der Waals surface area contributed by atoms with Crippen molar-refractivity contribution in [2.45, 2.75) is 38.8 Å². The van der Waals surface area contributed by atoms with E-state index in [4.69, 9.17) is 4.74 Å². The molecule has 0 aliphatic carbocycles. The van der Waals surface area contributed by atoms with Crippen LogP contribution in [0.2, 0.25) is 0 Å². The summed E-state index contributed by atoms with van der Waals surface area (Å²) in [5.74, 6) is 0.605. The lowest BCUT2D eigenvalue weighted by molar-refractivity contribution is -0.141. The number of rotatable bonds is 11. The third-order valence-electron chi connectivity index (χ3n) is 5.53. The SMILES string of the molecule is CCCC(=O)N(Cc1ccccc1)C(C(=O)NCCc1ccc(OC)cc1)c1ccccc1. The van der Waals surface area contributed by atoms with E-state index in [1.165, 1.54) is 0 Å². The van der Waals surface area contributed by atoms with E-state index in [2.05, 4.69) is 5.32 Å². The van der Waals surface area contributed by atoms with E-state index >= 15 is 0 Å². The summed E-state index contributed by atoms with van der Waals surface area (Å²) >= 11 is 0. The third-order valence-corrected chi connectivity index (χ3v) is 5.53. The molecule has 1 N–H and O–H groups in total. The molecule has 33 heavy (non-hydrogen) atoms. The van der Waals surface area contributed by atoms with Gasteiger partial charge in [0.05, 0.1) is 7.11 Å². The van der Waals surface area contributed by atoms with Gasteiger partial charge in [-0.25, -0.2) is 0 Å². The summed E-state index contributed by atoms with van der Waals surface area (Å²) in [6.07, 6.45) is 1.82. The number of hydrogen-bond donors (Lipinski definition) is 1. The maximum absolute atomic E-state index is 13.4. The zero-order valence-corrected chi connectivity index (χ0v) is 19.4. The minimum atomic E-state index is -0.693. The summed E-state index contributed by atoms with van der Waals surface area (Å²) in [5.41, 5.74) is 2.91. The Bertz CT molecular complexity index is 1000. The molecule has 3 rings (SSSR count). The second-order valence-corrected chi connectivity index (χ2v) is 7.96.